The molecule has 1 amide bonds. The van der Waals surface area contributed by atoms with E-state index in [1.165, 1.54) is 19.1 Å². The van der Waals surface area contributed by atoms with Crippen LogP contribution >= 0.6 is 0 Å². The minimum absolute atomic E-state index is 0.131. The van der Waals surface area contributed by atoms with Gasteiger partial charge in [0.05, 0.1) is 4.90 Å². The molecule has 0 fully saturated rings. The molecule has 0 atom stereocenters. The average molecular weight is 299 g/mol. The molecular formula is C13H21N3O3S. The summed E-state index contributed by atoms with van der Waals surface area (Å²) in [6.45, 7) is 5.44. The van der Waals surface area contributed by atoms with Gasteiger partial charge in [0.25, 0.3) is 0 Å². The second kappa shape index (κ2) is 6.34. The van der Waals surface area contributed by atoms with Crippen LogP contribution in [0.2, 0.25) is 0 Å². The van der Waals surface area contributed by atoms with E-state index < -0.39 is 15.6 Å². The van der Waals surface area contributed by atoms with E-state index in [-0.39, 0.29) is 17.3 Å². The molecule has 112 valence electrons. The molecule has 1 aromatic rings. The van der Waals surface area contributed by atoms with E-state index in [4.69, 9.17) is 5.73 Å². The summed E-state index contributed by atoms with van der Waals surface area (Å²) in [5.74, 6) is -0.131. The van der Waals surface area contributed by atoms with Crippen molar-refractivity contribution in [2.24, 2.45) is 5.73 Å². The van der Waals surface area contributed by atoms with Crippen LogP contribution in [0.3, 0.4) is 0 Å². The van der Waals surface area contributed by atoms with Gasteiger partial charge in [-0.15, -0.1) is 0 Å². The SMILES string of the molecule is CC(=O)NCc1ccc(S(=O)(=O)NCC(C)(C)N)cc1. The quantitative estimate of drug-likeness (QED) is 0.705. The highest BCUT2D eigenvalue weighted by Gasteiger charge is 2.18. The lowest BCUT2D eigenvalue weighted by Gasteiger charge is -2.19. The molecule has 1 rings (SSSR count). The summed E-state index contributed by atoms with van der Waals surface area (Å²) in [6.07, 6.45) is 0. The summed E-state index contributed by atoms with van der Waals surface area (Å²) in [5, 5.41) is 2.64. The van der Waals surface area contributed by atoms with Crippen molar-refractivity contribution in [2.45, 2.75) is 37.8 Å². The van der Waals surface area contributed by atoms with Crippen molar-refractivity contribution in [3.8, 4) is 0 Å². The fourth-order valence-corrected chi connectivity index (χ4v) is 2.60. The Balaban J connectivity index is 2.74. The maximum atomic E-state index is 12.0. The molecule has 0 unspecified atom stereocenters. The molecule has 6 nitrogen and oxygen atoms in total. The second-order valence-electron chi connectivity index (χ2n) is 5.37. The summed E-state index contributed by atoms with van der Waals surface area (Å²) in [5.41, 5.74) is 5.96. The minimum Gasteiger partial charge on any atom is -0.352 e. The van der Waals surface area contributed by atoms with Crippen LogP contribution in [-0.2, 0) is 21.4 Å². The van der Waals surface area contributed by atoms with E-state index in [2.05, 4.69) is 10.0 Å². The molecule has 0 saturated carbocycles. The van der Waals surface area contributed by atoms with Gasteiger partial charge in [-0.1, -0.05) is 12.1 Å². The standard InChI is InChI=1S/C13H21N3O3S/c1-10(17)15-8-11-4-6-12(7-5-11)20(18,19)16-9-13(2,3)14/h4-7,16H,8-9,14H2,1-3H3,(H,15,17). The lowest BCUT2D eigenvalue weighted by atomic mass is 10.1. The fourth-order valence-electron chi connectivity index (χ4n) is 1.38. The first-order chi connectivity index (χ1) is 9.10. The number of hydrogen-bond acceptors (Lipinski definition) is 4. The van der Waals surface area contributed by atoms with Gasteiger partial charge in [0.1, 0.15) is 0 Å². The van der Waals surface area contributed by atoms with Crippen LogP contribution in [0.15, 0.2) is 29.2 Å². The number of nitrogens with one attached hydrogen (secondary N) is 2. The van der Waals surface area contributed by atoms with Crippen LogP contribution in [0.5, 0.6) is 0 Å². The van der Waals surface area contributed by atoms with Crippen molar-refractivity contribution >= 4 is 15.9 Å². The van der Waals surface area contributed by atoms with Crippen LogP contribution in [0, 0.1) is 0 Å². The molecule has 0 saturated heterocycles. The van der Waals surface area contributed by atoms with Crippen LogP contribution in [-0.4, -0.2) is 26.4 Å². The van der Waals surface area contributed by atoms with E-state index in [1.807, 2.05) is 0 Å². The van der Waals surface area contributed by atoms with E-state index >= 15 is 0 Å². The minimum atomic E-state index is -3.56. The first-order valence-electron chi connectivity index (χ1n) is 6.22. The van der Waals surface area contributed by atoms with Crippen molar-refractivity contribution in [3.63, 3.8) is 0 Å². The summed E-state index contributed by atoms with van der Waals surface area (Å²) in [4.78, 5) is 11.0. The van der Waals surface area contributed by atoms with E-state index in [0.717, 1.165) is 5.56 Å². The van der Waals surface area contributed by atoms with E-state index in [1.54, 1.807) is 26.0 Å². The predicted octanol–water partition coefficient (Wildman–Crippen LogP) is 0.338. The second-order valence-corrected chi connectivity index (χ2v) is 7.13. The number of carbonyl (C=O) groups excluding carboxylic acids is 1. The fraction of sp³-hybridized carbons (Fsp3) is 0.462. The predicted molar refractivity (Wildman–Crippen MR) is 77.4 cm³/mol. The van der Waals surface area contributed by atoms with Crippen LogP contribution in [0.4, 0.5) is 0 Å². The summed E-state index contributed by atoms with van der Waals surface area (Å²) in [6, 6.07) is 6.34. The molecule has 0 bridgehead atoms. The van der Waals surface area contributed by atoms with Crippen LogP contribution in [0.1, 0.15) is 26.3 Å². The maximum Gasteiger partial charge on any atom is 0.240 e. The third-order valence-electron chi connectivity index (χ3n) is 2.49. The Bertz CT molecular complexity index is 560. The summed E-state index contributed by atoms with van der Waals surface area (Å²) in [7, 11) is -3.56. The third-order valence-corrected chi connectivity index (χ3v) is 3.91. The van der Waals surface area contributed by atoms with Gasteiger partial charge in [-0.25, -0.2) is 13.1 Å². The zero-order valence-electron chi connectivity index (χ0n) is 11.9. The smallest absolute Gasteiger partial charge is 0.240 e. The van der Waals surface area contributed by atoms with Crippen LogP contribution < -0.4 is 15.8 Å². The monoisotopic (exact) mass is 299 g/mol. The van der Waals surface area contributed by atoms with Gasteiger partial charge in [0, 0.05) is 25.6 Å². The number of hydrogen-bond donors (Lipinski definition) is 3. The molecule has 0 aliphatic carbocycles. The molecule has 0 radical (unpaired) electrons. The molecule has 0 heterocycles. The molecular weight excluding hydrogens is 278 g/mol. The lowest BCUT2D eigenvalue weighted by molar-refractivity contribution is -0.119. The molecule has 0 aliphatic heterocycles. The van der Waals surface area contributed by atoms with Crippen LogP contribution in [0.25, 0.3) is 0 Å². The highest BCUT2D eigenvalue weighted by molar-refractivity contribution is 7.89. The van der Waals surface area contributed by atoms with E-state index in [0.29, 0.717) is 6.54 Å². The third kappa shape index (κ3) is 5.68. The van der Waals surface area contributed by atoms with Gasteiger partial charge in [0.2, 0.25) is 15.9 Å². The first-order valence-corrected chi connectivity index (χ1v) is 7.70. The Hall–Kier alpha value is -1.44. The average Bonchev–Trinajstić information content (AvgIpc) is 2.34. The number of carbonyl (C=O) groups is 1. The number of benzene rings is 1. The summed E-state index contributed by atoms with van der Waals surface area (Å²) < 4.78 is 26.5. The number of amides is 1. The van der Waals surface area contributed by atoms with Crippen molar-refractivity contribution in [1.82, 2.24) is 10.0 Å². The van der Waals surface area contributed by atoms with Crippen molar-refractivity contribution in [1.29, 1.82) is 0 Å². The Morgan fingerprint density at radius 3 is 2.25 bits per heavy atom. The Kier molecular flexibility index (Phi) is 5.27. The van der Waals surface area contributed by atoms with E-state index in [9.17, 15) is 13.2 Å². The van der Waals surface area contributed by atoms with Crippen molar-refractivity contribution in [3.05, 3.63) is 29.8 Å². The van der Waals surface area contributed by atoms with Gasteiger partial charge in [-0.2, -0.15) is 0 Å². The molecule has 1 aromatic carbocycles. The summed E-state index contributed by atoms with van der Waals surface area (Å²) >= 11 is 0. The molecule has 20 heavy (non-hydrogen) atoms. The number of nitrogens with two attached hydrogens (primary N) is 1. The molecule has 4 N–H and O–H groups in total. The Labute approximate surface area is 119 Å². The number of rotatable bonds is 6. The Morgan fingerprint density at radius 2 is 1.80 bits per heavy atom. The van der Waals surface area contributed by atoms with Gasteiger partial charge < -0.3 is 11.1 Å². The molecule has 0 aliphatic rings. The zero-order chi connectivity index (χ0) is 15.4. The number of sulfonamides is 1. The van der Waals surface area contributed by atoms with Crippen molar-refractivity contribution in [2.75, 3.05) is 6.54 Å². The lowest BCUT2D eigenvalue weighted by Crippen LogP contribution is -2.45. The zero-order valence-corrected chi connectivity index (χ0v) is 12.8. The van der Waals surface area contributed by atoms with Gasteiger partial charge in [-0.3, -0.25) is 4.79 Å². The first kappa shape index (κ1) is 16.6. The molecule has 0 aromatic heterocycles. The van der Waals surface area contributed by atoms with Gasteiger partial charge in [-0.05, 0) is 31.5 Å². The Morgan fingerprint density at radius 1 is 1.25 bits per heavy atom. The highest BCUT2D eigenvalue weighted by Crippen LogP contribution is 2.11. The molecule has 7 heteroatoms. The maximum absolute atomic E-state index is 12.0. The van der Waals surface area contributed by atoms with Gasteiger partial charge >= 0.3 is 0 Å². The topological polar surface area (TPSA) is 101 Å². The highest BCUT2D eigenvalue weighted by atomic mass is 32.2. The normalized spacial score (nSPS) is 12.2. The van der Waals surface area contributed by atoms with Crippen molar-refractivity contribution < 1.29 is 13.2 Å². The van der Waals surface area contributed by atoms with Gasteiger partial charge in [0.15, 0.2) is 0 Å². The molecule has 0 spiro atoms. The largest absolute Gasteiger partial charge is 0.352 e.